The van der Waals surface area contributed by atoms with E-state index in [1.54, 1.807) is 35.2 Å². The summed E-state index contributed by atoms with van der Waals surface area (Å²) >= 11 is 1.39. The van der Waals surface area contributed by atoms with Crippen molar-refractivity contribution < 1.29 is 9.59 Å². The van der Waals surface area contributed by atoms with Gasteiger partial charge in [-0.1, -0.05) is 24.3 Å². The van der Waals surface area contributed by atoms with Crippen molar-refractivity contribution in [3.63, 3.8) is 0 Å². The summed E-state index contributed by atoms with van der Waals surface area (Å²) in [6.45, 7) is 1.31. The molecule has 3 rings (SSSR count). The number of nitrogens with zero attached hydrogens (tertiary/aromatic N) is 1. The number of hydrogen-bond donors (Lipinski definition) is 1. The van der Waals surface area contributed by atoms with Gasteiger partial charge in [0.05, 0.1) is 10.4 Å². The Balaban J connectivity index is 0.00000192. The number of piperidine rings is 1. The number of benzene rings is 1. The lowest BCUT2D eigenvalue weighted by molar-refractivity contribution is 0.0711. The molecule has 1 aromatic carbocycles. The number of ketones is 1. The first-order chi connectivity index (χ1) is 10.7. The third kappa shape index (κ3) is 3.80. The second-order valence-corrected chi connectivity index (χ2v) is 6.43. The zero-order chi connectivity index (χ0) is 15.5. The van der Waals surface area contributed by atoms with Crippen LogP contribution in [0, 0.1) is 0 Å². The van der Waals surface area contributed by atoms with Crippen molar-refractivity contribution in [2.45, 2.75) is 18.9 Å². The van der Waals surface area contributed by atoms with Gasteiger partial charge in [0.2, 0.25) is 5.78 Å². The van der Waals surface area contributed by atoms with Gasteiger partial charge < -0.3 is 10.6 Å². The first kappa shape index (κ1) is 17.7. The van der Waals surface area contributed by atoms with E-state index < -0.39 is 0 Å². The Kier molecular flexibility index (Phi) is 5.93. The molecule has 1 fully saturated rings. The minimum absolute atomic E-state index is 0. The highest BCUT2D eigenvalue weighted by molar-refractivity contribution is 7.12. The van der Waals surface area contributed by atoms with Crippen LogP contribution >= 0.6 is 23.7 Å². The first-order valence-electron chi connectivity index (χ1n) is 7.39. The number of halogens is 1. The van der Waals surface area contributed by atoms with Gasteiger partial charge in [-0.15, -0.1) is 23.7 Å². The van der Waals surface area contributed by atoms with E-state index in [1.165, 1.54) is 11.3 Å². The molecule has 0 bridgehead atoms. The average Bonchev–Trinajstić information content (AvgIpc) is 3.09. The van der Waals surface area contributed by atoms with Crippen LogP contribution in [0.2, 0.25) is 0 Å². The first-order valence-corrected chi connectivity index (χ1v) is 8.27. The van der Waals surface area contributed by atoms with Gasteiger partial charge in [0.1, 0.15) is 0 Å². The number of amides is 1. The van der Waals surface area contributed by atoms with Crippen LogP contribution in [-0.2, 0) is 0 Å². The molecule has 1 saturated heterocycles. The van der Waals surface area contributed by atoms with E-state index in [-0.39, 0.29) is 30.1 Å². The fraction of sp³-hybridized carbons (Fsp3) is 0.294. The molecule has 0 saturated carbocycles. The molecule has 1 aromatic heterocycles. The summed E-state index contributed by atoms with van der Waals surface area (Å²) in [5, 5.41) is 1.86. The summed E-state index contributed by atoms with van der Waals surface area (Å²) in [6, 6.07) is 10.9. The number of hydrogen-bond acceptors (Lipinski definition) is 4. The summed E-state index contributed by atoms with van der Waals surface area (Å²) in [4.78, 5) is 27.8. The van der Waals surface area contributed by atoms with Gasteiger partial charge in [-0.05, 0) is 30.4 Å². The highest BCUT2D eigenvalue weighted by Gasteiger charge is 2.25. The van der Waals surface area contributed by atoms with Gasteiger partial charge in [-0.2, -0.15) is 0 Å². The van der Waals surface area contributed by atoms with E-state index in [2.05, 4.69) is 0 Å². The number of thiophene rings is 1. The number of likely N-dealkylation sites (tertiary alicyclic amines) is 1. The fourth-order valence-corrected chi connectivity index (χ4v) is 3.36. The minimum atomic E-state index is -0.0901. The Morgan fingerprint density at radius 1 is 1.04 bits per heavy atom. The molecule has 0 spiro atoms. The van der Waals surface area contributed by atoms with Crippen LogP contribution in [-0.4, -0.2) is 35.7 Å². The van der Waals surface area contributed by atoms with Gasteiger partial charge in [-0.25, -0.2) is 0 Å². The van der Waals surface area contributed by atoms with E-state index in [4.69, 9.17) is 5.73 Å². The van der Waals surface area contributed by atoms with Crippen LogP contribution in [0.15, 0.2) is 41.8 Å². The largest absolute Gasteiger partial charge is 0.339 e. The lowest BCUT2D eigenvalue weighted by Crippen LogP contribution is -2.43. The molecule has 4 nitrogen and oxygen atoms in total. The molecule has 23 heavy (non-hydrogen) atoms. The van der Waals surface area contributed by atoms with Gasteiger partial charge in [-0.3, -0.25) is 9.59 Å². The van der Waals surface area contributed by atoms with Crippen LogP contribution in [0.1, 0.15) is 38.4 Å². The highest BCUT2D eigenvalue weighted by atomic mass is 35.5. The molecular weight excluding hydrogens is 332 g/mol. The minimum Gasteiger partial charge on any atom is -0.339 e. The average molecular weight is 351 g/mol. The Labute approximate surface area is 145 Å². The summed E-state index contributed by atoms with van der Waals surface area (Å²) < 4.78 is 0. The lowest BCUT2D eigenvalue weighted by Gasteiger charge is -2.30. The van der Waals surface area contributed by atoms with Crippen LogP contribution in [0.25, 0.3) is 0 Å². The van der Waals surface area contributed by atoms with E-state index in [1.807, 2.05) is 11.4 Å². The Bertz CT molecular complexity index is 680. The topological polar surface area (TPSA) is 63.4 Å². The Hall–Kier alpha value is -1.69. The zero-order valence-electron chi connectivity index (χ0n) is 12.6. The van der Waals surface area contributed by atoms with Gasteiger partial charge in [0.15, 0.2) is 0 Å². The predicted molar refractivity (Wildman–Crippen MR) is 94.6 cm³/mol. The van der Waals surface area contributed by atoms with Crippen molar-refractivity contribution in [1.29, 1.82) is 0 Å². The molecule has 0 aliphatic carbocycles. The normalized spacial score (nSPS) is 15.1. The molecule has 122 valence electrons. The number of carbonyl (C=O) groups is 2. The quantitative estimate of drug-likeness (QED) is 0.865. The van der Waals surface area contributed by atoms with E-state index in [0.29, 0.717) is 29.1 Å². The SMILES string of the molecule is Cl.NC1CCN(C(=O)c2ccccc2C(=O)c2cccs2)CC1. The molecule has 1 aliphatic rings. The van der Waals surface area contributed by atoms with Crippen molar-refractivity contribution in [2.24, 2.45) is 5.73 Å². The second-order valence-electron chi connectivity index (χ2n) is 5.48. The van der Waals surface area contributed by atoms with Crippen LogP contribution in [0.4, 0.5) is 0 Å². The third-order valence-corrected chi connectivity index (χ3v) is 4.84. The van der Waals surface area contributed by atoms with Gasteiger partial charge in [0.25, 0.3) is 5.91 Å². The van der Waals surface area contributed by atoms with Crippen molar-refractivity contribution >= 4 is 35.4 Å². The van der Waals surface area contributed by atoms with Gasteiger partial charge >= 0.3 is 0 Å². The van der Waals surface area contributed by atoms with Crippen LogP contribution < -0.4 is 5.73 Å². The number of rotatable bonds is 3. The maximum absolute atomic E-state index is 12.7. The standard InChI is InChI=1S/C17H18N2O2S.ClH/c18-12-7-9-19(10-8-12)17(21)14-5-2-1-4-13(14)16(20)15-6-3-11-22-15;/h1-6,11-12H,7-10,18H2;1H. The Morgan fingerprint density at radius 3 is 2.30 bits per heavy atom. The van der Waals surface area contributed by atoms with Crippen molar-refractivity contribution in [3.8, 4) is 0 Å². The van der Waals surface area contributed by atoms with E-state index in [0.717, 1.165) is 12.8 Å². The summed E-state index contributed by atoms with van der Waals surface area (Å²) in [7, 11) is 0. The Morgan fingerprint density at radius 2 is 1.70 bits per heavy atom. The molecule has 6 heteroatoms. The summed E-state index contributed by atoms with van der Waals surface area (Å²) in [5.74, 6) is -0.167. The number of carbonyl (C=O) groups excluding carboxylic acids is 2. The fourth-order valence-electron chi connectivity index (χ4n) is 2.68. The van der Waals surface area contributed by atoms with Crippen LogP contribution in [0.5, 0.6) is 0 Å². The predicted octanol–water partition coefficient (Wildman–Crippen LogP) is 2.96. The lowest BCUT2D eigenvalue weighted by atomic mass is 9.99. The second kappa shape index (κ2) is 7.73. The van der Waals surface area contributed by atoms with Crippen molar-refractivity contribution in [1.82, 2.24) is 4.90 Å². The molecule has 1 aliphatic heterocycles. The molecule has 0 atom stereocenters. The summed E-state index contributed by atoms with van der Waals surface area (Å²) in [6.07, 6.45) is 1.62. The summed E-state index contributed by atoms with van der Waals surface area (Å²) in [5.41, 5.74) is 6.85. The van der Waals surface area contributed by atoms with Crippen LogP contribution in [0.3, 0.4) is 0 Å². The third-order valence-electron chi connectivity index (χ3n) is 3.97. The smallest absolute Gasteiger partial charge is 0.254 e. The molecule has 2 heterocycles. The molecule has 2 aromatic rings. The molecule has 0 unspecified atom stereocenters. The molecule has 2 N–H and O–H groups in total. The van der Waals surface area contributed by atoms with Crippen molar-refractivity contribution in [2.75, 3.05) is 13.1 Å². The zero-order valence-corrected chi connectivity index (χ0v) is 14.2. The number of nitrogens with two attached hydrogens (primary N) is 1. The van der Waals surface area contributed by atoms with Crippen molar-refractivity contribution in [3.05, 3.63) is 57.8 Å². The van der Waals surface area contributed by atoms with E-state index >= 15 is 0 Å². The maximum Gasteiger partial charge on any atom is 0.254 e. The molecule has 0 radical (unpaired) electrons. The van der Waals surface area contributed by atoms with E-state index in [9.17, 15) is 9.59 Å². The molecule has 1 amide bonds. The monoisotopic (exact) mass is 350 g/mol. The molecular formula is C17H19ClN2O2S. The van der Waals surface area contributed by atoms with Gasteiger partial charge in [0, 0.05) is 24.7 Å². The highest BCUT2D eigenvalue weighted by Crippen LogP contribution is 2.21. The maximum atomic E-state index is 12.7.